The molecule has 0 aliphatic carbocycles. The quantitative estimate of drug-likeness (QED) is 0.0407. The average molecular weight is 722 g/mol. The van der Waals surface area contributed by atoms with Crippen LogP contribution in [-0.2, 0) is 38.2 Å². The summed E-state index contributed by atoms with van der Waals surface area (Å²) in [5.74, 6) is -11.6. The number of aliphatic hydroxyl groups excluding tert-OH is 3. The zero-order valence-corrected chi connectivity index (χ0v) is 29.6. The molecular weight excluding hydrogens is 662 g/mol. The normalized spacial score (nSPS) is 17.5. The Labute approximate surface area is 293 Å². The van der Waals surface area contributed by atoms with Gasteiger partial charge in [-0.15, -0.1) is 0 Å². The second kappa shape index (κ2) is 24.7. The van der Waals surface area contributed by atoms with Gasteiger partial charge in [0.1, 0.15) is 12.2 Å². The zero-order chi connectivity index (χ0) is 38.6. The maximum atomic E-state index is 13.0. The number of ether oxygens (including phenoxy) is 2. The van der Waals surface area contributed by atoms with Crippen LogP contribution in [0, 0.1) is 23.7 Å². The van der Waals surface area contributed by atoms with E-state index in [9.17, 15) is 54.3 Å². The third kappa shape index (κ3) is 21.7. The molecule has 0 amide bonds. The first kappa shape index (κ1) is 46.7. The van der Waals surface area contributed by atoms with Gasteiger partial charge in [0.05, 0.1) is 55.8 Å². The monoisotopic (exact) mass is 721 g/mol. The zero-order valence-electron chi connectivity index (χ0n) is 29.6. The first-order chi connectivity index (χ1) is 23.2. The third-order valence-electron chi connectivity index (χ3n) is 8.52. The van der Waals surface area contributed by atoms with Crippen LogP contribution < -0.4 is 5.73 Å². The van der Waals surface area contributed by atoms with Crippen molar-refractivity contribution in [3.63, 3.8) is 0 Å². The number of hydrogen-bond acceptors (Lipinski definition) is 12. The van der Waals surface area contributed by atoms with Gasteiger partial charge in [0.25, 0.3) is 0 Å². The fraction of sp³-hybridized carbons (Fsp3) is 0.824. The Hall–Kier alpha value is -3.34. The average Bonchev–Trinajstić information content (AvgIpc) is 2.97. The van der Waals surface area contributed by atoms with E-state index in [1.807, 2.05) is 13.8 Å². The molecule has 0 unspecified atom stereocenters. The first-order valence-corrected chi connectivity index (χ1v) is 17.3. The molecule has 0 aliphatic rings. The molecule has 0 aromatic heterocycles. The topological polar surface area (TPSA) is 289 Å². The van der Waals surface area contributed by atoms with Crippen molar-refractivity contribution in [2.75, 3.05) is 0 Å². The number of rotatable bonds is 29. The summed E-state index contributed by atoms with van der Waals surface area (Å²) in [6.07, 6.45) is -4.05. The van der Waals surface area contributed by atoms with Crippen LogP contribution in [0.4, 0.5) is 0 Å². The van der Waals surface area contributed by atoms with Crippen molar-refractivity contribution in [3.8, 4) is 0 Å². The van der Waals surface area contributed by atoms with Gasteiger partial charge in [-0.05, 0) is 50.9 Å². The van der Waals surface area contributed by atoms with Crippen LogP contribution in [0.5, 0.6) is 0 Å². The van der Waals surface area contributed by atoms with E-state index in [4.69, 9.17) is 25.4 Å². The number of aliphatic hydroxyl groups is 3. The number of unbranched alkanes of at least 4 members (excludes halogenated alkanes) is 1. The van der Waals surface area contributed by atoms with Gasteiger partial charge < -0.3 is 51.0 Å². The Morgan fingerprint density at radius 3 is 1.34 bits per heavy atom. The molecule has 0 rings (SSSR count). The van der Waals surface area contributed by atoms with Crippen molar-refractivity contribution in [2.45, 2.75) is 154 Å². The highest BCUT2D eigenvalue weighted by Gasteiger charge is 2.35. The van der Waals surface area contributed by atoms with Gasteiger partial charge in [0, 0.05) is 12.5 Å². The smallest absolute Gasteiger partial charge is 0.307 e. The molecule has 0 fully saturated rings. The van der Waals surface area contributed by atoms with E-state index in [-0.39, 0.29) is 37.5 Å². The fourth-order valence-electron chi connectivity index (χ4n) is 5.76. The van der Waals surface area contributed by atoms with Crippen molar-refractivity contribution < 1.29 is 74.0 Å². The van der Waals surface area contributed by atoms with E-state index in [1.54, 1.807) is 13.8 Å². The van der Waals surface area contributed by atoms with Crippen molar-refractivity contribution in [2.24, 2.45) is 29.4 Å². The van der Waals surface area contributed by atoms with Gasteiger partial charge in [-0.1, -0.05) is 46.5 Å². The van der Waals surface area contributed by atoms with E-state index in [2.05, 4.69) is 0 Å². The minimum absolute atomic E-state index is 0.0294. The van der Waals surface area contributed by atoms with Gasteiger partial charge >= 0.3 is 35.8 Å². The lowest BCUT2D eigenvalue weighted by Crippen LogP contribution is -2.39. The minimum Gasteiger partial charge on any atom is -0.481 e. The summed E-state index contributed by atoms with van der Waals surface area (Å²) in [6, 6.07) is -0.476. The Morgan fingerprint density at radius 2 is 0.980 bits per heavy atom. The SMILES string of the molecule is CCC[C@H](C)C[C@H](OC(=O)C[C@H](CC(=O)O)C(=O)O)[C@H](C[C@H](C)C[C@H](O)CCCC[C@H](O)C[C@H](O)[C@@H](C)N)OC(=O)C[C@@H](CC(=O)O)C(=O)O. The van der Waals surface area contributed by atoms with E-state index in [0.29, 0.717) is 32.1 Å². The second-order valence-electron chi connectivity index (χ2n) is 13.7. The molecule has 0 bridgehead atoms. The van der Waals surface area contributed by atoms with Crippen molar-refractivity contribution in [1.29, 1.82) is 0 Å². The largest absolute Gasteiger partial charge is 0.481 e. The van der Waals surface area contributed by atoms with Crippen LogP contribution >= 0.6 is 0 Å². The molecule has 0 aromatic carbocycles. The van der Waals surface area contributed by atoms with Crippen molar-refractivity contribution in [3.05, 3.63) is 0 Å². The summed E-state index contributed by atoms with van der Waals surface area (Å²) in [5, 5.41) is 67.7. The van der Waals surface area contributed by atoms with Gasteiger partial charge in [0.2, 0.25) is 0 Å². The van der Waals surface area contributed by atoms with E-state index >= 15 is 0 Å². The number of carbonyl (C=O) groups is 6. The molecule has 9 N–H and O–H groups in total. The Kier molecular flexibility index (Phi) is 23.1. The number of nitrogens with two attached hydrogens (primary N) is 1. The number of carbonyl (C=O) groups excluding carboxylic acids is 2. The minimum atomic E-state index is -1.59. The van der Waals surface area contributed by atoms with E-state index in [0.717, 1.165) is 6.42 Å². The lowest BCUT2D eigenvalue weighted by molar-refractivity contribution is -0.174. The second-order valence-corrected chi connectivity index (χ2v) is 13.7. The number of esters is 2. The maximum Gasteiger partial charge on any atom is 0.307 e. The summed E-state index contributed by atoms with van der Waals surface area (Å²) < 4.78 is 11.3. The Balaban J connectivity index is 5.95. The summed E-state index contributed by atoms with van der Waals surface area (Å²) in [7, 11) is 0. The Morgan fingerprint density at radius 1 is 0.580 bits per heavy atom. The molecule has 50 heavy (non-hydrogen) atoms. The first-order valence-electron chi connectivity index (χ1n) is 17.3. The number of hydrogen-bond donors (Lipinski definition) is 8. The summed E-state index contributed by atoms with van der Waals surface area (Å²) >= 11 is 0. The van der Waals surface area contributed by atoms with Crippen LogP contribution in [-0.4, -0.2) is 108 Å². The lowest BCUT2D eigenvalue weighted by Gasteiger charge is -2.31. The molecule has 290 valence electrons. The third-order valence-corrected chi connectivity index (χ3v) is 8.52. The summed E-state index contributed by atoms with van der Waals surface area (Å²) in [5.41, 5.74) is 5.63. The molecular formula is C34H59NO15. The molecule has 0 spiro atoms. The van der Waals surface area contributed by atoms with Crippen molar-refractivity contribution >= 4 is 35.8 Å². The Bertz CT molecular complexity index is 1070. The molecule has 0 heterocycles. The standard InChI is InChI=1S/C34H59NO15/c1-5-8-19(2)12-27(49-31(43)16-22(33(45)46)14-29(39)40)28(50-32(44)17-23(34(47)48)15-30(41)42)13-20(3)11-24(36)9-6-7-10-25(37)18-26(38)21(4)35/h19-28,36-38H,5-18,35H2,1-4H3,(H,39,40)(H,41,42)(H,45,46)(H,47,48)/t19-,20+,21+,22-,23+,24+,25-,26-,27-,28-/m0/s1. The maximum absolute atomic E-state index is 13.0. The van der Waals surface area contributed by atoms with Crippen LogP contribution in [0.2, 0.25) is 0 Å². The van der Waals surface area contributed by atoms with Crippen LogP contribution in [0.15, 0.2) is 0 Å². The van der Waals surface area contributed by atoms with Crippen LogP contribution in [0.1, 0.15) is 118 Å². The van der Waals surface area contributed by atoms with Gasteiger partial charge in [-0.2, -0.15) is 0 Å². The highest BCUT2D eigenvalue weighted by molar-refractivity contribution is 5.83. The van der Waals surface area contributed by atoms with Gasteiger partial charge in [-0.3, -0.25) is 28.8 Å². The molecule has 0 saturated carbocycles. The summed E-state index contributed by atoms with van der Waals surface area (Å²) in [4.78, 5) is 71.5. The molecule has 0 aromatic rings. The van der Waals surface area contributed by atoms with Crippen LogP contribution in [0.25, 0.3) is 0 Å². The van der Waals surface area contributed by atoms with Gasteiger partial charge in [-0.25, -0.2) is 0 Å². The molecule has 0 aliphatic heterocycles. The fourth-order valence-corrected chi connectivity index (χ4v) is 5.76. The van der Waals surface area contributed by atoms with Gasteiger partial charge in [0.15, 0.2) is 0 Å². The molecule has 0 radical (unpaired) electrons. The predicted molar refractivity (Wildman–Crippen MR) is 178 cm³/mol. The molecule has 0 saturated heterocycles. The lowest BCUT2D eigenvalue weighted by atomic mass is 9.89. The highest BCUT2D eigenvalue weighted by atomic mass is 16.6. The number of carboxylic acid groups (broad SMARTS) is 4. The highest BCUT2D eigenvalue weighted by Crippen LogP contribution is 2.28. The number of carboxylic acids is 4. The molecule has 10 atom stereocenters. The van der Waals surface area contributed by atoms with Crippen LogP contribution in [0.3, 0.4) is 0 Å². The molecule has 16 nitrogen and oxygen atoms in total. The van der Waals surface area contributed by atoms with E-state index in [1.165, 1.54) is 0 Å². The summed E-state index contributed by atoms with van der Waals surface area (Å²) in [6.45, 7) is 7.20. The molecule has 16 heteroatoms. The predicted octanol–water partition coefficient (Wildman–Crippen LogP) is 2.56. The number of aliphatic carboxylic acids is 4. The van der Waals surface area contributed by atoms with Crippen molar-refractivity contribution in [1.82, 2.24) is 0 Å². The van der Waals surface area contributed by atoms with E-state index < -0.39 is 110 Å².